The van der Waals surface area contributed by atoms with Crippen LogP contribution in [0.15, 0.2) is 29.1 Å². The van der Waals surface area contributed by atoms with Gasteiger partial charge < -0.3 is 9.64 Å². The first-order valence-corrected chi connectivity index (χ1v) is 7.15. The van der Waals surface area contributed by atoms with E-state index in [9.17, 15) is 9.18 Å². The molecule has 0 fully saturated rings. The minimum atomic E-state index is -0.569. The van der Waals surface area contributed by atoms with Crippen molar-refractivity contribution < 1.29 is 9.13 Å². The molecular weight excluding hydrogens is 299 g/mol. The monoisotopic (exact) mass is 314 g/mol. The summed E-state index contributed by atoms with van der Waals surface area (Å²) in [5, 5.41) is 8.83. The highest BCUT2D eigenvalue weighted by Crippen LogP contribution is 2.24. The first-order chi connectivity index (χ1) is 11.0. The van der Waals surface area contributed by atoms with Crippen LogP contribution in [0.2, 0.25) is 0 Å². The summed E-state index contributed by atoms with van der Waals surface area (Å²) < 4.78 is 20.4. The zero-order chi connectivity index (χ0) is 16.6. The van der Waals surface area contributed by atoms with E-state index in [1.54, 1.807) is 16.7 Å². The molecule has 23 heavy (non-hydrogen) atoms. The van der Waals surface area contributed by atoms with Crippen molar-refractivity contribution >= 4 is 5.82 Å². The maximum atomic E-state index is 13.3. The summed E-state index contributed by atoms with van der Waals surface area (Å²) in [6.07, 6.45) is 0. The molecule has 0 saturated heterocycles. The fourth-order valence-electron chi connectivity index (χ4n) is 2.53. The van der Waals surface area contributed by atoms with E-state index in [1.807, 2.05) is 18.9 Å². The van der Waals surface area contributed by atoms with Gasteiger partial charge in [-0.2, -0.15) is 10.2 Å². The number of nitriles is 1. The number of ether oxygens (including phenoxy) is 1. The van der Waals surface area contributed by atoms with Gasteiger partial charge >= 0.3 is 5.69 Å². The predicted molar refractivity (Wildman–Crippen MR) is 81.8 cm³/mol. The maximum absolute atomic E-state index is 13.3. The molecule has 3 rings (SSSR count). The average Bonchev–Trinajstić information content (AvgIpc) is 2.83. The molecule has 0 amide bonds. The Morgan fingerprint density at radius 2 is 2.26 bits per heavy atom. The van der Waals surface area contributed by atoms with Crippen molar-refractivity contribution in [2.24, 2.45) is 0 Å². The van der Waals surface area contributed by atoms with Crippen LogP contribution in [-0.2, 0) is 13.2 Å². The van der Waals surface area contributed by atoms with Crippen molar-refractivity contribution in [1.29, 1.82) is 5.26 Å². The van der Waals surface area contributed by atoms with Crippen molar-refractivity contribution in [2.45, 2.75) is 26.1 Å². The first-order valence-electron chi connectivity index (χ1n) is 7.15. The molecule has 1 aliphatic heterocycles. The third-order valence-corrected chi connectivity index (χ3v) is 3.97. The molecule has 0 N–H and O–H groups in total. The van der Waals surface area contributed by atoms with Crippen molar-refractivity contribution in [3.63, 3.8) is 0 Å². The number of hydrogen-bond acceptors (Lipinski definition) is 5. The van der Waals surface area contributed by atoms with Crippen molar-refractivity contribution in [1.82, 2.24) is 9.55 Å². The number of likely N-dealkylation sites (N-methyl/N-ethyl adjacent to an activating group) is 1. The largest absolute Gasteiger partial charge is 0.473 e. The molecule has 2 aromatic rings. The molecule has 7 heteroatoms. The third-order valence-electron chi connectivity index (χ3n) is 3.97. The number of rotatable bonds is 3. The van der Waals surface area contributed by atoms with Crippen LogP contribution < -0.4 is 15.3 Å². The van der Waals surface area contributed by atoms with Crippen LogP contribution in [0.1, 0.15) is 18.1 Å². The van der Waals surface area contributed by atoms with Crippen LogP contribution in [0.25, 0.3) is 0 Å². The zero-order valence-electron chi connectivity index (χ0n) is 12.8. The first kappa shape index (κ1) is 15.0. The number of anilines is 1. The second-order valence-corrected chi connectivity index (χ2v) is 5.52. The molecule has 118 valence electrons. The second kappa shape index (κ2) is 5.72. The Kier molecular flexibility index (Phi) is 3.74. The van der Waals surface area contributed by atoms with Gasteiger partial charge in [0, 0.05) is 25.7 Å². The number of halogens is 1. The van der Waals surface area contributed by atoms with Gasteiger partial charge in [-0.3, -0.25) is 4.57 Å². The topological polar surface area (TPSA) is 71.1 Å². The SMILES string of the molecule is CC1Cn2c(cc(OCc3ccc(F)c(C#N)c3)nc2=O)N1C. The molecule has 0 bridgehead atoms. The van der Waals surface area contributed by atoms with Crippen LogP contribution in [0.4, 0.5) is 10.2 Å². The Bertz CT molecular complexity index is 856. The summed E-state index contributed by atoms with van der Waals surface area (Å²) in [6.45, 7) is 2.72. The van der Waals surface area contributed by atoms with E-state index in [4.69, 9.17) is 10.00 Å². The molecule has 1 atom stereocenters. The van der Waals surface area contributed by atoms with E-state index in [2.05, 4.69) is 4.98 Å². The molecule has 1 unspecified atom stereocenters. The third kappa shape index (κ3) is 2.75. The van der Waals surface area contributed by atoms with E-state index >= 15 is 0 Å². The van der Waals surface area contributed by atoms with Gasteiger partial charge in [0.15, 0.2) is 0 Å². The Balaban J connectivity index is 1.81. The van der Waals surface area contributed by atoms with Crippen LogP contribution in [0.3, 0.4) is 0 Å². The van der Waals surface area contributed by atoms with Crippen LogP contribution in [0.5, 0.6) is 5.88 Å². The molecule has 6 nitrogen and oxygen atoms in total. The molecule has 2 heterocycles. The summed E-state index contributed by atoms with van der Waals surface area (Å²) >= 11 is 0. The Morgan fingerprint density at radius 3 is 3.00 bits per heavy atom. The molecular formula is C16H15FN4O2. The van der Waals surface area contributed by atoms with Crippen LogP contribution >= 0.6 is 0 Å². The number of nitrogens with zero attached hydrogens (tertiary/aromatic N) is 4. The summed E-state index contributed by atoms with van der Waals surface area (Å²) in [5.41, 5.74) is 0.235. The summed E-state index contributed by atoms with van der Waals surface area (Å²) in [4.78, 5) is 17.9. The summed E-state index contributed by atoms with van der Waals surface area (Å²) in [5.74, 6) is 0.398. The lowest BCUT2D eigenvalue weighted by Crippen LogP contribution is -2.23. The van der Waals surface area contributed by atoms with E-state index < -0.39 is 5.82 Å². The van der Waals surface area contributed by atoms with Crippen molar-refractivity contribution in [2.75, 3.05) is 11.9 Å². The Hall–Kier alpha value is -2.88. The highest BCUT2D eigenvalue weighted by Gasteiger charge is 2.25. The van der Waals surface area contributed by atoms with Gasteiger partial charge in [-0.25, -0.2) is 9.18 Å². The highest BCUT2D eigenvalue weighted by molar-refractivity contribution is 5.45. The Labute approximate surface area is 132 Å². The lowest BCUT2D eigenvalue weighted by Gasteiger charge is -2.16. The average molecular weight is 314 g/mol. The fraction of sp³-hybridized carbons (Fsp3) is 0.312. The summed E-state index contributed by atoms with van der Waals surface area (Å²) in [6, 6.07) is 7.88. The van der Waals surface area contributed by atoms with Crippen molar-refractivity contribution in [3.8, 4) is 11.9 Å². The Morgan fingerprint density at radius 1 is 1.48 bits per heavy atom. The number of benzene rings is 1. The lowest BCUT2D eigenvalue weighted by molar-refractivity contribution is 0.291. The summed E-state index contributed by atoms with van der Waals surface area (Å²) in [7, 11) is 1.91. The molecule has 1 aromatic heterocycles. The van der Waals surface area contributed by atoms with Gasteiger partial charge in [-0.15, -0.1) is 0 Å². The number of fused-ring (bicyclic) bond motifs is 1. The number of aromatic nitrogens is 2. The van der Waals surface area contributed by atoms with E-state index in [-0.39, 0.29) is 29.8 Å². The zero-order valence-corrected chi connectivity index (χ0v) is 12.8. The van der Waals surface area contributed by atoms with E-state index in [0.717, 1.165) is 5.82 Å². The molecule has 0 spiro atoms. The standard InChI is InChI=1S/C16H15FN4O2/c1-10-8-21-15(20(10)2)6-14(19-16(21)22)23-9-11-3-4-13(17)12(5-11)7-18/h3-6,10H,8-9H2,1-2H3. The molecule has 1 aliphatic rings. The van der Waals surface area contributed by atoms with Crippen LogP contribution in [0, 0.1) is 17.1 Å². The van der Waals surface area contributed by atoms with Crippen LogP contribution in [-0.4, -0.2) is 22.6 Å². The fourth-order valence-corrected chi connectivity index (χ4v) is 2.53. The normalized spacial score (nSPS) is 16.1. The minimum Gasteiger partial charge on any atom is -0.473 e. The van der Waals surface area contributed by atoms with Gasteiger partial charge in [-0.1, -0.05) is 6.07 Å². The highest BCUT2D eigenvalue weighted by atomic mass is 19.1. The predicted octanol–water partition coefficient (Wildman–Crippen LogP) is 1.67. The second-order valence-electron chi connectivity index (χ2n) is 5.52. The van der Waals surface area contributed by atoms with Gasteiger partial charge in [0.1, 0.15) is 24.3 Å². The van der Waals surface area contributed by atoms with Gasteiger partial charge in [0.2, 0.25) is 5.88 Å². The van der Waals surface area contributed by atoms with E-state index in [0.29, 0.717) is 12.1 Å². The molecule has 0 aliphatic carbocycles. The van der Waals surface area contributed by atoms with Gasteiger partial charge in [-0.05, 0) is 24.6 Å². The van der Waals surface area contributed by atoms with Gasteiger partial charge in [0.05, 0.1) is 5.56 Å². The molecule has 0 radical (unpaired) electrons. The number of hydrogen-bond donors (Lipinski definition) is 0. The van der Waals surface area contributed by atoms with Gasteiger partial charge in [0.25, 0.3) is 0 Å². The molecule has 0 saturated carbocycles. The van der Waals surface area contributed by atoms with E-state index in [1.165, 1.54) is 18.2 Å². The molecule has 1 aromatic carbocycles. The maximum Gasteiger partial charge on any atom is 0.352 e. The quantitative estimate of drug-likeness (QED) is 0.862. The lowest BCUT2D eigenvalue weighted by atomic mass is 10.1. The smallest absolute Gasteiger partial charge is 0.352 e. The minimum absolute atomic E-state index is 0.0401. The van der Waals surface area contributed by atoms with Crippen molar-refractivity contribution in [3.05, 3.63) is 51.7 Å².